The number of hydrogen-bond donors (Lipinski definition) is 1. The summed E-state index contributed by atoms with van der Waals surface area (Å²) in [6, 6.07) is 6.74. The van der Waals surface area contributed by atoms with Gasteiger partial charge in [-0.15, -0.1) is 13.2 Å². The lowest BCUT2D eigenvalue weighted by molar-refractivity contribution is -0.276. The highest BCUT2D eigenvalue weighted by molar-refractivity contribution is 5.65. The van der Waals surface area contributed by atoms with Gasteiger partial charge in [0.15, 0.2) is 11.6 Å². The van der Waals surface area contributed by atoms with Crippen LogP contribution in [0.3, 0.4) is 0 Å². The molecular formula is C13H7F5O2. The van der Waals surface area contributed by atoms with Crippen LogP contribution in [0.4, 0.5) is 22.0 Å². The SMILES string of the molecule is Oc1ccc(-c2cc(F)c(OC(F)(F)F)c(F)c2)cc1. The van der Waals surface area contributed by atoms with Crippen molar-refractivity contribution in [1.29, 1.82) is 0 Å². The van der Waals surface area contributed by atoms with E-state index in [1.807, 2.05) is 0 Å². The van der Waals surface area contributed by atoms with Crippen LogP contribution in [0.15, 0.2) is 36.4 Å². The third-order valence-electron chi connectivity index (χ3n) is 2.42. The summed E-state index contributed by atoms with van der Waals surface area (Å²) in [6.45, 7) is 0. The molecular weight excluding hydrogens is 283 g/mol. The molecule has 2 nitrogen and oxygen atoms in total. The average Bonchev–Trinajstić information content (AvgIpc) is 2.33. The molecule has 0 atom stereocenters. The van der Waals surface area contributed by atoms with E-state index in [1.165, 1.54) is 24.3 Å². The van der Waals surface area contributed by atoms with Crippen LogP contribution in [0.1, 0.15) is 0 Å². The molecule has 2 rings (SSSR count). The normalized spacial score (nSPS) is 11.4. The fourth-order valence-electron chi connectivity index (χ4n) is 1.59. The molecule has 0 aliphatic carbocycles. The van der Waals surface area contributed by atoms with Crippen LogP contribution in [0.2, 0.25) is 0 Å². The van der Waals surface area contributed by atoms with E-state index in [4.69, 9.17) is 5.11 Å². The molecule has 0 spiro atoms. The Hall–Kier alpha value is -2.31. The number of aromatic hydroxyl groups is 1. The second-order valence-electron chi connectivity index (χ2n) is 3.86. The number of halogens is 5. The monoisotopic (exact) mass is 290 g/mol. The zero-order chi connectivity index (χ0) is 14.9. The predicted octanol–water partition coefficient (Wildman–Crippen LogP) is 4.24. The summed E-state index contributed by atoms with van der Waals surface area (Å²) >= 11 is 0. The van der Waals surface area contributed by atoms with Crippen molar-refractivity contribution in [3.8, 4) is 22.6 Å². The van der Waals surface area contributed by atoms with Gasteiger partial charge in [-0.3, -0.25) is 0 Å². The standard InChI is InChI=1S/C13H7F5O2/c14-10-5-8(7-1-3-9(19)4-2-7)6-11(15)12(10)20-13(16,17)18/h1-6,19H. The maximum absolute atomic E-state index is 13.5. The number of phenols is 1. The van der Waals surface area contributed by atoms with Gasteiger partial charge in [-0.2, -0.15) is 0 Å². The minimum absolute atomic E-state index is 0.0227. The van der Waals surface area contributed by atoms with Gasteiger partial charge >= 0.3 is 6.36 Å². The second-order valence-corrected chi connectivity index (χ2v) is 3.86. The quantitative estimate of drug-likeness (QED) is 0.838. The number of alkyl halides is 3. The van der Waals surface area contributed by atoms with Crippen LogP contribution in [-0.2, 0) is 0 Å². The molecule has 7 heteroatoms. The fraction of sp³-hybridized carbons (Fsp3) is 0.0769. The zero-order valence-corrected chi connectivity index (χ0v) is 9.71. The van der Waals surface area contributed by atoms with Crippen LogP contribution < -0.4 is 4.74 Å². The van der Waals surface area contributed by atoms with E-state index in [2.05, 4.69) is 4.74 Å². The fourth-order valence-corrected chi connectivity index (χ4v) is 1.59. The second kappa shape index (κ2) is 4.99. The molecule has 0 saturated carbocycles. The summed E-state index contributed by atoms with van der Waals surface area (Å²) in [5, 5.41) is 9.09. The lowest BCUT2D eigenvalue weighted by atomic mass is 10.0. The van der Waals surface area contributed by atoms with Gasteiger partial charge in [0.2, 0.25) is 5.75 Å². The van der Waals surface area contributed by atoms with Crippen LogP contribution in [0.25, 0.3) is 11.1 Å². The Morgan fingerprint density at radius 3 is 1.80 bits per heavy atom. The number of phenolic OH excluding ortho intramolecular Hbond substituents is 1. The third kappa shape index (κ3) is 3.17. The molecule has 0 aliphatic rings. The van der Waals surface area contributed by atoms with E-state index in [-0.39, 0.29) is 11.3 Å². The topological polar surface area (TPSA) is 29.5 Å². The Balaban J connectivity index is 2.42. The first-order chi connectivity index (χ1) is 9.26. The molecule has 2 aromatic rings. The van der Waals surface area contributed by atoms with Crippen molar-refractivity contribution in [3.05, 3.63) is 48.0 Å². The highest BCUT2D eigenvalue weighted by atomic mass is 19.4. The van der Waals surface area contributed by atoms with Crippen molar-refractivity contribution in [2.75, 3.05) is 0 Å². The molecule has 0 heterocycles. The first-order valence-electron chi connectivity index (χ1n) is 5.30. The largest absolute Gasteiger partial charge is 0.573 e. The molecule has 2 aromatic carbocycles. The van der Waals surface area contributed by atoms with Gasteiger partial charge in [0, 0.05) is 0 Å². The average molecular weight is 290 g/mol. The Bertz CT molecular complexity index is 597. The Morgan fingerprint density at radius 1 is 0.850 bits per heavy atom. The van der Waals surface area contributed by atoms with E-state index >= 15 is 0 Å². The number of hydrogen-bond acceptors (Lipinski definition) is 2. The highest BCUT2D eigenvalue weighted by Gasteiger charge is 2.34. The molecule has 0 bridgehead atoms. The van der Waals surface area contributed by atoms with E-state index in [1.54, 1.807) is 0 Å². The Kier molecular flexibility index (Phi) is 3.52. The smallest absolute Gasteiger partial charge is 0.508 e. The molecule has 1 N–H and O–H groups in total. The third-order valence-corrected chi connectivity index (χ3v) is 2.42. The van der Waals surface area contributed by atoms with Gasteiger partial charge in [-0.25, -0.2) is 8.78 Å². The van der Waals surface area contributed by atoms with Gasteiger partial charge in [0.25, 0.3) is 0 Å². The summed E-state index contributed by atoms with van der Waals surface area (Å²) in [5.74, 6) is -4.48. The van der Waals surface area contributed by atoms with Crippen molar-refractivity contribution in [2.45, 2.75) is 6.36 Å². The Labute approximate surface area is 110 Å². The molecule has 0 unspecified atom stereocenters. The summed E-state index contributed by atoms with van der Waals surface area (Å²) in [4.78, 5) is 0. The van der Waals surface area contributed by atoms with Gasteiger partial charge in [-0.05, 0) is 35.4 Å². The van der Waals surface area contributed by atoms with Gasteiger partial charge in [-0.1, -0.05) is 12.1 Å². The lowest BCUT2D eigenvalue weighted by Crippen LogP contribution is -2.19. The first-order valence-corrected chi connectivity index (χ1v) is 5.30. The summed E-state index contributed by atoms with van der Waals surface area (Å²) < 4.78 is 66.2. The highest BCUT2D eigenvalue weighted by Crippen LogP contribution is 2.32. The van der Waals surface area contributed by atoms with Crippen molar-refractivity contribution >= 4 is 0 Å². The zero-order valence-electron chi connectivity index (χ0n) is 9.71. The summed E-state index contributed by atoms with van der Waals surface area (Å²) in [6.07, 6.45) is -5.18. The maximum Gasteiger partial charge on any atom is 0.573 e. The van der Waals surface area contributed by atoms with Crippen molar-refractivity contribution in [1.82, 2.24) is 0 Å². The van der Waals surface area contributed by atoms with Crippen molar-refractivity contribution in [2.24, 2.45) is 0 Å². The van der Waals surface area contributed by atoms with E-state index in [0.717, 1.165) is 12.1 Å². The maximum atomic E-state index is 13.5. The molecule has 20 heavy (non-hydrogen) atoms. The Morgan fingerprint density at radius 2 is 1.35 bits per heavy atom. The predicted molar refractivity (Wildman–Crippen MR) is 60.1 cm³/mol. The van der Waals surface area contributed by atoms with Gasteiger partial charge in [0.05, 0.1) is 0 Å². The minimum atomic E-state index is -5.18. The van der Waals surface area contributed by atoms with Crippen LogP contribution in [-0.4, -0.2) is 11.5 Å². The number of benzene rings is 2. The van der Waals surface area contributed by atoms with Crippen LogP contribution >= 0.6 is 0 Å². The molecule has 0 amide bonds. The van der Waals surface area contributed by atoms with Gasteiger partial charge < -0.3 is 9.84 Å². The van der Waals surface area contributed by atoms with Crippen LogP contribution in [0.5, 0.6) is 11.5 Å². The summed E-state index contributed by atoms with van der Waals surface area (Å²) in [5.41, 5.74) is 0.355. The first kappa shape index (κ1) is 14.1. The van der Waals surface area contributed by atoms with Crippen LogP contribution in [0, 0.1) is 11.6 Å². The van der Waals surface area contributed by atoms with Gasteiger partial charge in [0.1, 0.15) is 5.75 Å². The molecule has 0 aromatic heterocycles. The molecule has 106 valence electrons. The van der Waals surface area contributed by atoms with E-state index in [9.17, 15) is 22.0 Å². The molecule has 0 saturated heterocycles. The molecule has 0 fully saturated rings. The number of rotatable bonds is 2. The van der Waals surface area contributed by atoms with E-state index < -0.39 is 23.7 Å². The number of ether oxygens (including phenoxy) is 1. The molecule has 0 radical (unpaired) electrons. The lowest BCUT2D eigenvalue weighted by Gasteiger charge is -2.12. The van der Waals surface area contributed by atoms with Crippen molar-refractivity contribution < 1.29 is 31.8 Å². The van der Waals surface area contributed by atoms with E-state index in [0.29, 0.717) is 5.56 Å². The minimum Gasteiger partial charge on any atom is -0.508 e. The molecule has 0 aliphatic heterocycles. The van der Waals surface area contributed by atoms with Crippen molar-refractivity contribution in [3.63, 3.8) is 0 Å². The summed E-state index contributed by atoms with van der Waals surface area (Å²) in [7, 11) is 0.